The molecule has 15 heteroatoms. The van der Waals surface area contributed by atoms with E-state index in [4.69, 9.17) is 14.2 Å². The zero-order chi connectivity index (χ0) is 35.6. The standard InChI is InChI=1S/C34H38N4O10S/c1-18(2)49(44,45)28-11-9-22(37-34(43)48-5)16-25(28)30-23(33(41)42)12-13-38(30)32(40)29(19-7-10-26(46-3)27(14-19)47-4)36-21-8-6-20-17-35-31(39)24(20)15-21/h6-11,14-16,18,23,29-30,36H,12-13,17H2,1-5H3,(H,35,39)(H,37,43)(H,41,42)/t23-,29+,30+/m0/s1. The molecule has 0 aromatic heterocycles. The largest absolute Gasteiger partial charge is 0.493 e. The van der Waals surface area contributed by atoms with Crippen LogP contribution in [0.5, 0.6) is 11.5 Å². The second-order valence-electron chi connectivity index (χ2n) is 11.9. The number of amides is 3. The van der Waals surface area contributed by atoms with Crippen LogP contribution in [-0.4, -0.2) is 75.4 Å². The monoisotopic (exact) mass is 694 g/mol. The van der Waals surface area contributed by atoms with Crippen molar-refractivity contribution >= 4 is 45.1 Å². The molecule has 0 unspecified atom stereocenters. The van der Waals surface area contributed by atoms with Gasteiger partial charge in [-0.15, -0.1) is 0 Å². The first-order valence-corrected chi connectivity index (χ1v) is 17.0. The van der Waals surface area contributed by atoms with Crippen molar-refractivity contribution in [3.63, 3.8) is 0 Å². The van der Waals surface area contributed by atoms with Crippen LogP contribution >= 0.6 is 0 Å². The number of rotatable bonds is 11. The van der Waals surface area contributed by atoms with Crippen LogP contribution in [0.1, 0.15) is 59.4 Å². The van der Waals surface area contributed by atoms with E-state index in [-0.39, 0.29) is 35.0 Å². The fourth-order valence-electron chi connectivity index (χ4n) is 6.18. The number of ether oxygens (including phenoxy) is 3. The lowest BCUT2D eigenvalue weighted by atomic mass is 9.92. The highest BCUT2D eigenvalue weighted by Crippen LogP contribution is 2.44. The molecule has 3 amide bonds. The van der Waals surface area contributed by atoms with E-state index in [0.717, 1.165) is 5.56 Å². The maximum Gasteiger partial charge on any atom is 0.411 e. The zero-order valence-corrected chi connectivity index (χ0v) is 28.4. The Labute approximate surface area is 283 Å². The first-order chi connectivity index (χ1) is 23.3. The maximum absolute atomic E-state index is 14.8. The number of nitrogens with one attached hydrogen (secondary N) is 3. The summed E-state index contributed by atoms with van der Waals surface area (Å²) >= 11 is 0. The molecule has 14 nitrogen and oxygen atoms in total. The number of nitrogens with zero attached hydrogens (tertiary/aromatic N) is 1. The number of carboxylic acids is 1. The van der Waals surface area contributed by atoms with E-state index in [1.54, 1.807) is 36.4 Å². The number of hydrogen-bond donors (Lipinski definition) is 4. The number of sulfone groups is 1. The van der Waals surface area contributed by atoms with Gasteiger partial charge < -0.3 is 34.9 Å². The van der Waals surface area contributed by atoms with Crippen LogP contribution in [0.15, 0.2) is 59.5 Å². The molecule has 260 valence electrons. The van der Waals surface area contributed by atoms with Crippen molar-refractivity contribution in [3.05, 3.63) is 76.9 Å². The van der Waals surface area contributed by atoms with Crippen molar-refractivity contribution in [2.75, 3.05) is 38.5 Å². The first-order valence-electron chi connectivity index (χ1n) is 15.5. The molecule has 5 rings (SSSR count). The second kappa shape index (κ2) is 14.0. The molecule has 0 spiro atoms. The number of carbonyl (C=O) groups excluding carboxylic acids is 3. The molecular formula is C34H38N4O10S. The Bertz CT molecular complexity index is 1910. The van der Waals surface area contributed by atoms with E-state index in [1.165, 1.54) is 58.3 Å². The minimum Gasteiger partial charge on any atom is -0.493 e. The highest BCUT2D eigenvalue weighted by molar-refractivity contribution is 7.92. The Morgan fingerprint density at radius 3 is 2.33 bits per heavy atom. The van der Waals surface area contributed by atoms with Gasteiger partial charge in [-0.2, -0.15) is 0 Å². The lowest BCUT2D eigenvalue weighted by molar-refractivity contribution is -0.143. The van der Waals surface area contributed by atoms with Crippen LogP contribution in [0.3, 0.4) is 0 Å². The van der Waals surface area contributed by atoms with Gasteiger partial charge in [-0.05, 0) is 79.4 Å². The molecule has 0 saturated carbocycles. The molecular weight excluding hydrogens is 656 g/mol. The summed E-state index contributed by atoms with van der Waals surface area (Å²) in [7, 11) is 0.0880. The number of carbonyl (C=O) groups is 4. The van der Waals surface area contributed by atoms with E-state index in [0.29, 0.717) is 34.9 Å². The highest BCUT2D eigenvalue weighted by atomic mass is 32.2. The maximum atomic E-state index is 14.8. The third-order valence-electron chi connectivity index (χ3n) is 8.78. The van der Waals surface area contributed by atoms with Gasteiger partial charge in [0.25, 0.3) is 5.91 Å². The number of hydrogen-bond acceptors (Lipinski definition) is 10. The predicted octanol–water partition coefficient (Wildman–Crippen LogP) is 4.14. The van der Waals surface area contributed by atoms with Gasteiger partial charge in [0.2, 0.25) is 5.91 Å². The summed E-state index contributed by atoms with van der Waals surface area (Å²) in [5.74, 6) is -2.48. The van der Waals surface area contributed by atoms with E-state index < -0.39 is 51.1 Å². The predicted molar refractivity (Wildman–Crippen MR) is 179 cm³/mol. The van der Waals surface area contributed by atoms with Crippen LogP contribution in [0.25, 0.3) is 0 Å². The Balaban J connectivity index is 1.66. The molecule has 49 heavy (non-hydrogen) atoms. The summed E-state index contributed by atoms with van der Waals surface area (Å²) in [4.78, 5) is 53.3. The lowest BCUT2D eigenvalue weighted by Gasteiger charge is -2.33. The molecule has 2 aliphatic rings. The minimum atomic E-state index is -4.00. The minimum absolute atomic E-state index is 0.0195. The molecule has 0 bridgehead atoms. The molecule has 3 aromatic rings. The summed E-state index contributed by atoms with van der Waals surface area (Å²) in [6.07, 6.45) is -0.792. The second-order valence-corrected chi connectivity index (χ2v) is 14.4. The summed E-state index contributed by atoms with van der Waals surface area (Å²) in [6.45, 7) is 3.36. The van der Waals surface area contributed by atoms with E-state index >= 15 is 0 Å². The number of methoxy groups -OCH3 is 3. The van der Waals surface area contributed by atoms with Crippen LogP contribution in [-0.2, 0) is 30.7 Å². The fourth-order valence-corrected chi connectivity index (χ4v) is 7.45. The number of anilines is 2. The third-order valence-corrected chi connectivity index (χ3v) is 11.0. The van der Waals surface area contributed by atoms with Gasteiger partial charge in [-0.25, -0.2) is 13.2 Å². The van der Waals surface area contributed by atoms with Crippen LogP contribution < -0.4 is 25.4 Å². The van der Waals surface area contributed by atoms with Crippen LogP contribution in [0.2, 0.25) is 0 Å². The third kappa shape index (κ3) is 6.84. The molecule has 3 aromatic carbocycles. The Morgan fingerprint density at radius 2 is 1.67 bits per heavy atom. The zero-order valence-electron chi connectivity index (χ0n) is 27.6. The smallest absolute Gasteiger partial charge is 0.411 e. The van der Waals surface area contributed by atoms with Crippen molar-refractivity contribution in [1.82, 2.24) is 10.2 Å². The SMILES string of the molecule is COC(=O)Nc1ccc(S(=O)(=O)C(C)C)c([C@H]2[C@@H](C(=O)O)CCN2C(=O)[C@H](Nc2ccc3c(c2)C(=O)NC3)c2ccc(OC)c(OC)c2)c1. The van der Waals surface area contributed by atoms with Crippen molar-refractivity contribution in [2.45, 2.75) is 49.0 Å². The summed E-state index contributed by atoms with van der Waals surface area (Å²) in [5, 5.41) is 18.0. The van der Waals surface area contributed by atoms with Crippen molar-refractivity contribution in [2.24, 2.45) is 5.92 Å². The molecule has 0 aliphatic carbocycles. The Hall–Kier alpha value is -5.31. The number of aliphatic carboxylic acids is 1. The quantitative estimate of drug-likeness (QED) is 0.226. The average molecular weight is 695 g/mol. The molecule has 3 atom stereocenters. The van der Waals surface area contributed by atoms with Crippen LogP contribution in [0.4, 0.5) is 16.2 Å². The number of benzene rings is 3. The summed E-state index contributed by atoms with van der Waals surface area (Å²) in [6, 6.07) is 11.7. The average Bonchev–Trinajstić information content (AvgIpc) is 3.70. The Kier molecular flexibility index (Phi) is 10.0. The van der Waals surface area contributed by atoms with E-state index in [2.05, 4.69) is 16.0 Å². The van der Waals surface area contributed by atoms with Gasteiger partial charge in [0, 0.05) is 30.0 Å². The van der Waals surface area contributed by atoms with E-state index in [9.17, 15) is 32.7 Å². The van der Waals surface area contributed by atoms with Gasteiger partial charge in [0.15, 0.2) is 21.3 Å². The highest BCUT2D eigenvalue weighted by Gasteiger charge is 2.46. The van der Waals surface area contributed by atoms with Crippen molar-refractivity contribution < 1.29 is 46.9 Å². The van der Waals surface area contributed by atoms with Gasteiger partial charge in [-0.1, -0.05) is 12.1 Å². The molecule has 4 N–H and O–H groups in total. The van der Waals surface area contributed by atoms with Gasteiger partial charge in [0.05, 0.1) is 43.4 Å². The molecule has 2 aliphatic heterocycles. The number of carboxylic acid groups (broad SMARTS) is 1. The summed E-state index contributed by atoms with van der Waals surface area (Å²) < 4.78 is 42.9. The van der Waals surface area contributed by atoms with E-state index in [1.807, 2.05) is 0 Å². The van der Waals surface area contributed by atoms with Crippen LogP contribution in [0, 0.1) is 5.92 Å². The number of likely N-dealkylation sites (tertiary alicyclic amines) is 1. The molecule has 0 radical (unpaired) electrons. The normalized spacial score (nSPS) is 17.6. The topological polar surface area (TPSA) is 190 Å². The summed E-state index contributed by atoms with van der Waals surface area (Å²) in [5.41, 5.74) is 2.32. The fraction of sp³-hybridized carbons (Fsp3) is 0.353. The first kappa shape index (κ1) is 35.0. The molecule has 2 heterocycles. The van der Waals surface area contributed by atoms with Crippen molar-refractivity contribution in [1.29, 1.82) is 0 Å². The van der Waals surface area contributed by atoms with Crippen molar-refractivity contribution in [3.8, 4) is 11.5 Å². The van der Waals surface area contributed by atoms with Gasteiger partial charge >= 0.3 is 12.1 Å². The lowest BCUT2D eigenvalue weighted by Crippen LogP contribution is -2.40. The Morgan fingerprint density at radius 1 is 0.959 bits per heavy atom. The van der Waals surface area contributed by atoms with Gasteiger partial charge in [-0.3, -0.25) is 19.7 Å². The molecule has 1 fully saturated rings. The number of fused-ring (bicyclic) bond motifs is 1. The van der Waals surface area contributed by atoms with Gasteiger partial charge in [0.1, 0.15) is 6.04 Å². The molecule has 1 saturated heterocycles.